The zero-order chi connectivity index (χ0) is 25.0. The molecule has 0 radical (unpaired) electrons. The molecule has 0 atom stereocenters. The summed E-state index contributed by atoms with van der Waals surface area (Å²) in [7, 11) is -1.19. The molecule has 0 aliphatic carbocycles. The molecule has 2 aromatic heterocycles. The van der Waals surface area contributed by atoms with Gasteiger partial charge >= 0.3 is 0 Å². The summed E-state index contributed by atoms with van der Waals surface area (Å²) in [5.74, 6) is 1.28. The van der Waals surface area contributed by atoms with Gasteiger partial charge in [-0.2, -0.15) is 0 Å². The van der Waals surface area contributed by atoms with Gasteiger partial charge in [-0.05, 0) is 42.4 Å². The summed E-state index contributed by atoms with van der Waals surface area (Å²) in [6.45, 7) is 9.40. The summed E-state index contributed by atoms with van der Waals surface area (Å²) in [4.78, 5) is 16.1. The first-order valence-electron chi connectivity index (χ1n) is 11.3. The van der Waals surface area contributed by atoms with Gasteiger partial charge in [0.25, 0.3) is 0 Å². The summed E-state index contributed by atoms with van der Waals surface area (Å²) in [6, 6.07) is 15.8. The number of oxazole rings is 1. The number of benzene rings is 2. The van der Waals surface area contributed by atoms with Gasteiger partial charge in [-0.25, -0.2) is 4.98 Å². The van der Waals surface area contributed by atoms with Gasteiger partial charge in [0, 0.05) is 38.4 Å². The molecule has 0 fully saturated rings. The zero-order valence-electron chi connectivity index (χ0n) is 20.2. The third kappa shape index (κ3) is 6.24. The van der Waals surface area contributed by atoms with E-state index >= 15 is 0 Å². The topological polar surface area (TPSA) is 95.1 Å². The molecule has 1 N–H and O–H groups in total. The number of carbonyl (C=O) groups is 1. The van der Waals surface area contributed by atoms with Crippen LogP contribution in [0.5, 0.6) is 0 Å². The van der Waals surface area contributed by atoms with Gasteiger partial charge in [0.1, 0.15) is 13.1 Å². The van der Waals surface area contributed by atoms with Crippen LogP contribution in [0.25, 0.3) is 34.3 Å². The molecule has 8 nitrogen and oxygen atoms in total. The number of ether oxygens (including phenoxy) is 1. The summed E-state index contributed by atoms with van der Waals surface area (Å²) < 4.78 is 14.0. The molecule has 35 heavy (non-hydrogen) atoms. The van der Waals surface area contributed by atoms with E-state index in [4.69, 9.17) is 25.7 Å². The van der Waals surface area contributed by atoms with Crippen LogP contribution in [0.4, 0.5) is 5.69 Å². The lowest BCUT2D eigenvalue weighted by Crippen LogP contribution is -2.22. The Bertz CT molecular complexity index is 1310. The summed E-state index contributed by atoms with van der Waals surface area (Å²) in [5.41, 5.74) is 2.66. The van der Waals surface area contributed by atoms with Crippen molar-refractivity contribution in [3.63, 3.8) is 0 Å². The van der Waals surface area contributed by atoms with Crippen LogP contribution in [0.15, 0.2) is 59.3 Å². The van der Waals surface area contributed by atoms with Gasteiger partial charge in [-0.3, -0.25) is 9.36 Å². The number of hydrogen-bond donors (Lipinski definition) is 1. The van der Waals surface area contributed by atoms with Gasteiger partial charge in [0.05, 0.1) is 5.02 Å². The molecule has 2 aromatic carbocycles. The monoisotopic (exact) mass is 509 g/mol. The highest BCUT2D eigenvalue weighted by Crippen LogP contribution is 2.38. The van der Waals surface area contributed by atoms with Gasteiger partial charge in [0.15, 0.2) is 17.3 Å². The van der Waals surface area contributed by atoms with Crippen LogP contribution >= 0.6 is 11.6 Å². The van der Waals surface area contributed by atoms with Crippen LogP contribution in [0.3, 0.4) is 0 Å². The minimum atomic E-state index is -1.19. The highest BCUT2D eigenvalue weighted by atomic mass is 35.5. The molecule has 1 amide bonds. The summed E-state index contributed by atoms with van der Waals surface area (Å²) in [6.07, 6.45) is 1.62. The Morgan fingerprint density at radius 1 is 1.14 bits per heavy atom. The third-order valence-corrected chi connectivity index (χ3v) is 7.29. The van der Waals surface area contributed by atoms with Crippen molar-refractivity contribution in [2.45, 2.75) is 39.3 Å². The van der Waals surface area contributed by atoms with E-state index < -0.39 is 8.07 Å². The van der Waals surface area contributed by atoms with E-state index in [2.05, 4.69) is 35.2 Å². The Kier molecular flexibility index (Phi) is 7.49. The predicted octanol–water partition coefficient (Wildman–Crippen LogP) is 6.19. The molecular weight excluding hydrogens is 482 g/mol. The van der Waals surface area contributed by atoms with Crippen molar-refractivity contribution in [1.82, 2.24) is 19.7 Å². The standard InChI is InChI=1S/C25H28ClN5O3Si/c1-17(32)28-19-11-9-18(10-12-19)25-29-22(23(34-25)20-7-5-6-8-21(20)26)24-30-27-15-31(24)16-33-13-14-35(2,3)4/h5-12,15H,13-14,16H2,1-4H3,(H,28,32). The number of nitrogens with one attached hydrogen (secondary N) is 1. The van der Waals surface area contributed by atoms with E-state index in [1.165, 1.54) is 6.92 Å². The van der Waals surface area contributed by atoms with Gasteiger partial charge in [-0.15, -0.1) is 10.2 Å². The fourth-order valence-electron chi connectivity index (χ4n) is 3.40. The second-order valence-corrected chi connectivity index (χ2v) is 15.4. The molecule has 0 aliphatic heterocycles. The highest BCUT2D eigenvalue weighted by Gasteiger charge is 2.24. The molecule has 0 aliphatic rings. The number of anilines is 1. The molecule has 0 spiro atoms. The first-order chi connectivity index (χ1) is 16.7. The van der Waals surface area contributed by atoms with Crippen LogP contribution in [-0.4, -0.2) is 40.3 Å². The van der Waals surface area contributed by atoms with Gasteiger partial charge in [-0.1, -0.05) is 43.4 Å². The van der Waals surface area contributed by atoms with E-state index in [0.717, 1.165) is 11.6 Å². The molecule has 0 unspecified atom stereocenters. The normalized spacial score (nSPS) is 11.6. The van der Waals surface area contributed by atoms with Crippen molar-refractivity contribution in [2.75, 3.05) is 11.9 Å². The van der Waals surface area contributed by atoms with E-state index in [1.807, 2.05) is 34.9 Å². The van der Waals surface area contributed by atoms with E-state index in [0.29, 0.717) is 52.8 Å². The van der Waals surface area contributed by atoms with Crippen molar-refractivity contribution in [3.8, 4) is 34.3 Å². The number of aromatic nitrogens is 4. The lowest BCUT2D eigenvalue weighted by atomic mass is 10.1. The Hall–Kier alpha value is -3.27. The molecule has 0 saturated heterocycles. The van der Waals surface area contributed by atoms with Crippen molar-refractivity contribution >= 4 is 31.3 Å². The van der Waals surface area contributed by atoms with Crippen molar-refractivity contribution in [3.05, 3.63) is 59.9 Å². The highest BCUT2D eigenvalue weighted by molar-refractivity contribution is 6.76. The Balaban J connectivity index is 1.69. The molecule has 4 rings (SSSR count). The van der Waals surface area contributed by atoms with Gasteiger partial charge < -0.3 is 14.5 Å². The van der Waals surface area contributed by atoms with Crippen LogP contribution in [0.2, 0.25) is 30.7 Å². The van der Waals surface area contributed by atoms with E-state index in [9.17, 15) is 4.79 Å². The molecule has 0 saturated carbocycles. The fraction of sp³-hybridized carbons (Fsp3) is 0.280. The van der Waals surface area contributed by atoms with Crippen molar-refractivity contribution < 1.29 is 13.9 Å². The van der Waals surface area contributed by atoms with Crippen LogP contribution in [0, 0.1) is 0 Å². The third-order valence-electron chi connectivity index (χ3n) is 5.25. The maximum atomic E-state index is 11.3. The SMILES string of the molecule is CC(=O)Nc1ccc(-c2nc(-c3nncn3COCC[Si](C)(C)C)c(-c3ccccc3Cl)o2)cc1. The predicted molar refractivity (Wildman–Crippen MR) is 140 cm³/mol. The van der Waals surface area contributed by atoms with Crippen LogP contribution < -0.4 is 5.32 Å². The number of amides is 1. The van der Waals surface area contributed by atoms with Crippen LogP contribution in [-0.2, 0) is 16.3 Å². The fourth-order valence-corrected chi connectivity index (χ4v) is 4.37. The molecular formula is C25H28ClN5O3Si. The number of carbonyl (C=O) groups excluding carboxylic acids is 1. The summed E-state index contributed by atoms with van der Waals surface area (Å²) >= 11 is 6.51. The van der Waals surface area contributed by atoms with Crippen LogP contribution in [0.1, 0.15) is 6.92 Å². The first kappa shape index (κ1) is 24.8. The van der Waals surface area contributed by atoms with E-state index in [1.54, 1.807) is 24.5 Å². The Morgan fingerprint density at radius 3 is 2.57 bits per heavy atom. The largest absolute Gasteiger partial charge is 0.435 e. The average Bonchev–Trinajstić information content (AvgIpc) is 3.43. The maximum absolute atomic E-state index is 11.3. The van der Waals surface area contributed by atoms with E-state index in [-0.39, 0.29) is 5.91 Å². The number of hydrogen-bond acceptors (Lipinski definition) is 6. The average molecular weight is 510 g/mol. The van der Waals surface area contributed by atoms with Gasteiger partial charge in [0.2, 0.25) is 11.8 Å². The molecule has 4 aromatic rings. The molecule has 10 heteroatoms. The van der Waals surface area contributed by atoms with Crippen molar-refractivity contribution in [1.29, 1.82) is 0 Å². The molecule has 182 valence electrons. The molecule has 2 heterocycles. The Morgan fingerprint density at radius 2 is 1.89 bits per heavy atom. The second-order valence-electron chi connectivity index (χ2n) is 9.41. The zero-order valence-corrected chi connectivity index (χ0v) is 22.0. The Labute approximate surface area is 210 Å². The summed E-state index contributed by atoms with van der Waals surface area (Å²) in [5, 5.41) is 11.7. The number of rotatable bonds is 9. The number of halogens is 1. The lowest BCUT2D eigenvalue weighted by molar-refractivity contribution is -0.114. The lowest BCUT2D eigenvalue weighted by Gasteiger charge is -2.15. The second kappa shape index (κ2) is 10.6. The van der Waals surface area contributed by atoms with Crippen molar-refractivity contribution in [2.24, 2.45) is 0 Å². The minimum Gasteiger partial charge on any atom is -0.435 e. The quantitative estimate of drug-likeness (QED) is 0.213. The molecule has 0 bridgehead atoms. The number of nitrogens with zero attached hydrogens (tertiary/aromatic N) is 4. The minimum absolute atomic E-state index is 0.136. The smallest absolute Gasteiger partial charge is 0.227 e. The maximum Gasteiger partial charge on any atom is 0.227 e. The first-order valence-corrected chi connectivity index (χ1v) is 15.4.